The van der Waals surface area contributed by atoms with Gasteiger partial charge in [-0.25, -0.2) is 4.68 Å². The molecule has 0 saturated heterocycles. The van der Waals surface area contributed by atoms with Gasteiger partial charge in [-0.3, -0.25) is 4.79 Å². The molecule has 2 aromatic heterocycles. The third kappa shape index (κ3) is 4.98. The lowest BCUT2D eigenvalue weighted by atomic mass is 10.1. The average molecular weight is 465 g/mol. The zero-order valence-corrected chi connectivity index (χ0v) is 19.6. The van der Waals surface area contributed by atoms with Gasteiger partial charge in [-0.05, 0) is 61.7 Å². The molecular weight excluding hydrogens is 440 g/mol. The first-order chi connectivity index (χ1) is 16.0. The van der Waals surface area contributed by atoms with E-state index in [9.17, 15) is 4.79 Å². The molecule has 170 valence electrons. The summed E-state index contributed by atoms with van der Waals surface area (Å²) >= 11 is 1.58. The van der Waals surface area contributed by atoms with Crippen molar-refractivity contribution in [2.24, 2.45) is 0 Å². The lowest BCUT2D eigenvalue weighted by Gasteiger charge is -2.11. The van der Waals surface area contributed by atoms with E-state index in [1.165, 1.54) is 7.11 Å². The van der Waals surface area contributed by atoms with Crippen LogP contribution < -0.4 is 19.5 Å². The number of rotatable bonds is 8. The Hall–Kier alpha value is -3.85. The number of carbonyl (C=O) groups is 1. The van der Waals surface area contributed by atoms with Crippen molar-refractivity contribution in [2.45, 2.75) is 20.0 Å². The Morgan fingerprint density at radius 3 is 2.48 bits per heavy atom. The zero-order valence-electron chi connectivity index (χ0n) is 18.7. The summed E-state index contributed by atoms with van der Waals surface area (Å²) in [5.41, 5.74) is 1.84. The molecule has 1 N–H and O–H groups in total. The Morgan fingerprint density at radius 2 is 1.85 bits per heavy atom. The van der Waals surface area contributed by atoms with Crippen molar-refractivity contribution in [3.8, 4) is 33.9 Å². The van der Waals surface area contributed by atoms with Crippen LogP contribution in [0.25, 0.3) is 16.4 Å². The zero-order chi connectivity index (χ0) is 23.4. The number of hydrogen-bond acceptors (Lipinski definition) is 7. The number of nitrogens with zero attached hydrogens (tertiary/aromatic N) is 3. The van der Waals surface area contributed by atoms with E-state index in [1.807, 2.05) is 55.6 Å². The summed E-state index contributed by atoms with van der Waals surface area (Å²) in [5.74, 6) is 1.46. The highest BCUT2D eigenvalue weighted by Crippen LogP contribution is 2.29. The van der Waals surface area contributed by atoms with Crippen LogP contribution in [0.2, 0.25) is 0 Å². The largest absolute Gasteiger partial charge is 0.497 e. The molecule has 0 unspecified atom stereocenters. The van der Waals surface area contributed by atoms with E-state index >= 15 is 0 Å². The second-order valence-electron chi connectivity index (χ2n) is 7.34. The number of methoxy groups -OCH3 is 2. The number of nitrogens with one attached hydrogen (secondary N) is 1. The van der Waals surface area contributed by atoms with Crippen LogP contribution in [0.5, 0.6) is 17.5 Å². The van der Waals surface area contributed by atoms with Gasteiger partial charge in [0, 0.05) is 11.8 Å². The molecule has 0 saturated carbocycles. The van der Waals surface area contributed by atoms with E-state index in [4.69, 9.17) is 14.2 Å². The van der Waals surface area contributed by atoms with Crippen molar-refractivity contribution in [1.82, 2.24) is 14.8 Å². The molecule has 0 atom stereocenters. The third-order valence-corrected chi connectivity index (χ3v) is 5.56. The second-order valence-corrected chi connectivity index (χ2v) is 8.29. The van der Waals surface area contributed by atoms with E-state index < -0.39 is 0 Å². The molecular formula is C24H24N4O4S. The maximum absolute atomic E-state index is 12.8. The minimum absolute atomic E-state index is 0.0374. The highest BCUT2D eigenvalue weighted by molar-refractivity contribution is 7.13. The molecule has 4 aromatic rings. The van der Waals surface area contributed by atoms with Crippen molar-refractivity contribution in [2.75, 3.05) is 19.5 Å². The summed E-state index contributed by atoms with van der Waals surface area (Å²) in [6.07, 6.45) is -0.0374. The lowest BCUT2D eigenvalue weighted by Crippen LogP contribution is -2.13. The first-order valence-electron chi connectivity index (χ1n) is 10.3. The van der Waals surface area contributed by atoms with Gasteiger partial charge < -0.3 is 19.5 Å². The Balaban J connectivity index is 1.58. The molecule has 0 aliphatic heterocycles. The highest BCUT2D eigenvalue weighted by atomic mass is 32.1. The fourth-order valence-corrected chi connectivity index (χ4v) is 3.87. The van der Waals surface area contributed by atoms with E-state index in [-0.39, 0.29) is 12.0 Å². The minimum Gasteiger partial charge on any atom is -0.497 e. The summed E-state index contributed by atoms with van der Waals surface area (Å²) in [5, 5.41) is 9.41. The van der Waals surface area contributed by atoms with E-state index in [2.05, 4.69) is 15.4 Å². The van der Waals surface area contributed by atoms with Crippen LogP contribution in [-0.4, -0.2) is 41.0 Å². The molecule has 0 radical (unpaired) electrons. The van der Waals surface area contributed by atoms with Gasteiger partial charge in [0.1, 0.15) is 11.5 Å². The van der Waals surface area contributed by atoms with Crippen LogP contribution in [-0.2, 0) is 0 Å². The normalized spacial score (nSPS) is 10.8. The SMILES string of the molecule is COc1ccc(C(=O)Nc2ccc(-n3nc(OC(C)C)nc3-c3cccs3)cc2)c(OC)c1. The molecule has 0 aliphatic rings. The number of benzene rings is 2. The Kier molecular flexibility index (Phi) is 6.60. The molecule has 1 amide bonds. The van der Waals surface area contributed by atoms with Gasteiger partial charge in [0.05, 0.1) is 36.5 Å². The maximum atomic E-state index is 12.8. The van der Waals surface area contributed by atoms with Crippen LogP contribution in [0.3, 0.4) is 0 Å². The first-order valence-corrected chi connectivity index (χ1v) is 11.2. The molecule has 8 nitrogen and oxygen atoms in total. The van der Waals surface area contributed by atoms with E-state index in [0.717, 1.165) is 10.6 Å². The van der Waals surface area contributed by atoms with E-state index in [1.54, 1.807) is 41.3 Å². The molecule has 0 spiro atoms. The number of carbonyl (C=O) groups excluding carboxylic acids is 1. The van der Waals surface area contributed by atoms with Crippen molar-refractivity contribution in [1.29, 1.82) is 0 Å². The molecule has 0 fully saturated rings. The van der Waals surface area contributed by atoms with Crippen LogP contribution in [0.15, 0.2) is 60.0 Å². The monoisotopic (exact) mass is 464 g/mol. The predicted molar refractivity (Wildman–Crippen MR) is 128 cm³/mol. The fraction of sp³-hybridized carbons (Fsp3) is 0.208. The minimum atomic E-state index is -0.282. The fourth-order valence-electron chi connectivity index (χ4n) is 3.17. The molecule has 9 heteroatoms. The standard InChI is InChI=1S/C24H24N4O4S/c1-15(2)32-24-26-22(21-6-5-13-33-21)28(27-24)17-9-7-16(8-10-17)25-23(29)19-12-11-18(30-3)14-20(19)31-4/h5-15H,1-4H3,(H,25,29). The van der Waals surface area contributed by atoms with Gasteiger partial charge in [-0.1, -0.05) is 6.07 Å². The topological polar surface area (TPSA) is 87.5 Å². The first kappa shape index (κ1) is 22.3. The number of hydrogen-bond donors (Lipinski definition) is 1. The van der Waals surface area contributed by atoms with Crippen molar-refractivity contribution < 1.29 is 19.0 Å². The molecule has 0 bridgehead atoms. The number of amides is 1. The van der Waals surface area contributed by atoms with E-state index in [0.29, 0.717) is 34.6 Å². The number of thiophene rings is 1. The van der Waals surface area contributed by atoms with Crippen molar-refractivity contribution >= 4 is 22.9 Å². The van der Waals surface area contributed by atoms with Crippen LogP contribution in [0.1, 0.15) is 24.2 Å². The maximum Gasteiger partial charge on any atom is 0.336 e. The summed E-state index contributed by atoms with van der Waals surface area (Å²) in [7, 11) is 3.08. The van der Waals surface area contributed by atoms with Gasteiger partial charge >= 0.3 is 6.01 Å². The molecule has 0 aliphatic carbocycles. The third-order valence-electron chi connectivity index (χ3n) is 4.69. The molecule has 2 heterocycles. The molecule has 2 aromatic carbocycles. The van der Waals surface area contributed by atoms with Gasteiger partial charge in [0.15, 0.2) is 5.82 Å². The Labute approximate surface area is 195 Å². The number of anilines is 1. The number of ether oxygens (including phenoxy) is 3. The summed E-state index contributed by atoms with van der Waals surface area (Å²) < 4.78 is 18.0. The quantitative estimate of drug-likeness (QED) is 0.393. The van der Waals surface area contributed by atoms with Gasteiger partial charge in [-0.15, -0.1) is 16.4 Å². The summed E-state index contributed by atoms with van der Waals surface area (Å²) in [4.78, 5) is 18.3. The predicted octanol–water partition coefficient (Wildman–Crippen LogP) is 5.05. The molecule has 4 rings (SSSR count). The average Bonchev–Trinajstić information content (AvgIpc) is 3.48. The van der Waals surface area contributed by atoms with Gasteiger partial charge in [-0.2, -0.15) is 4.98 Å². The second kappa shape index (κ2) is 9.74. The van der Waals surface area contributed by atoms with Crippen molar-refractivity contribution in [3.05, 3.63) is 65.5 Å². The smallest absolute Gasteiger partial charge is 0.336 e. The summed E-state index contributed by atoms with van der Waals surface area (Å²) in [6, 6.07) is 16.7. The van der Waals surface area contributed by atoms with Crippen LogP contribution in [0, 0.1) is 0 Å². The highest BCUT2D eigenvalue weighted by Gasteiger charge is 2.17. The summed E-state index contributed by atoms with van der Waals surface area (Å²) in [6.45, 7) is 3.86. The van der Waals surface area contributed by atoms with Gasteiger partial charge in [0.25, 0.3) is 5.91 Å². The number of aromatic nitrogens is 3. The van der Waals surface area contributed by atoms with Crippen LogP contribution >= 0.6 is 11.3 Å². The van der Waals surface area contributed by atoms with Crippen LogP contribution in [0.4, 0.5) is 5.69 Å². The Bertz CT molecular complexity index is 1230. The molecule has 33 heavy (non-hydrogen) atoms. The van der Waals surface area contributed by atoms with Crippen molar-refractivity contribution in [3.63, 3.8) is 0 Å². The Morgan fingerprint density at radius 1 is 1.06 bits per heavy atom. The lowest BCUT2D eigenvalue weighted by molar-refractivity contribution is 0.102. The van der Waals surface area contributed by atoms with Gasteiger partial charge in [0.2, 0.25) is 0 Å².